The van der Waals surface area contributed by atoms with Crippen LogP contribution in [0.4, 0.5) is 4.79 Å². The Kier molecular flexibility index (Phi) is 5.83. The molecule has 108 valence electrons. The number of amides is 1. The van der Waals surface area contributed by atoms with Crippen LogP contribution in [0.25, 0.3) is 0 Å². The summed E-state index contributed by atoms with van der Waals surface area (Å²) in [5.74, 6) is 0. The summed E-state index contributed by atoms with van der Waals surface area (Å²) >= 11 is 0. The maximum absolute atomic E-state index is 10.9. The number of nitrogens with zero attached hydrogens (tertiary/aromatic N) is 1. The van der Waals surface area contributed by atoms with Crippen molar-refractivity contribution in [3.8, 4) is 0 Å². The van der Waals surface area contributed by atoms with Crippen molar-refractivity contribution in [2.24, 2.45) is 5.73 Å². The number of carbonyl (C=O) groups is 1. The largest absolute Gasteiger partial charge is 0.465 e. The lowest BCUT2D eigenvalue weighted by Crippen LogP contribution is -2.52. The fourth-order valence-corrected chi connectivity index (χ4v) is 2.61. The van der Waals surface area contributed by atoms with Gasteiger partial charge in [-0.1, -0.05) is 20.8 Å². The number of carboxylic acid groups (broad SMARTS) is 1. The summed E-state index contributed by atoms with van der Waals surface area (Å²) < 4.78 is 6.19. The lowest BCUT2D eigenvalue weighted by Gasteiger charge is -2.41. The summed E-state index contributed by atoms with van der Waals surface area (Å²) in [4.78, 5) is 12.1. The molecule has 0 rings (SSSR count). The van der Waals surface area contributed by atoms with Gasteiger partial charge in [-0.05, 0) is 25.1 Å². The van der Waals surface area contributed by atoms with Gasteiger partial charge >= 0.3 is 6.09 Å². The molecule has 0 aromatic rings. The molecule has 3 N–H and O–H groups in total. The van der Waals surface area contributed by atoms with Gasteiger partial charge in [-0.2, -0.15) is 0 Å². The Hall–Kier alpha value is -0.593. The Morgan fingerprint density at radius 3 is 2.17 bits per heavy atom. The highest BCUT2D eigenvalue weighted by molar-refractivity contribution is 6.74. The lowest BCUT2D eigenvalue weighted by atomic mass is 10.2. The molecule has 6 heteroatoms. The third-order valence-electron chi connectivity index (χ3n) is 3.62. The molecule has 0 aliphatic heterocycles. The molecule has 2 atom stereocenters. The molecule has 0 fully saturated rings. The van der Waals surface area contributed by atoms with Crippen molar-refractivity contribution in [1.82, 2.24) is 4.90 Å². The Balaban J connectivity index is 4.80. The highest BCUT2D eigenvalue weighted by Gasteiger charge is 2.40. The van der Waals surface area contributed by atoms with Gasteiger partial charge in [-0.25, -0.2) is 4.79 Å². The molecule has 18 heavy (non-hydrogen) atoms. The van der Waals surface area contributed by atoms with Crippen molar-refractivity contribution in [3.63, 3.8) is 0 Å². The van der Waals surface area contributed by atoms with Gasteiger partial charge in [-0.15, -0.1) is 0 Å². The highest BCUT2D eigenvalue weighted by Crippen LogP contribution is 2.37. The number of hydrogen-bond donors (Lipinski definition) is 2. The molecular weight excluding hydrogens is 248 g/mol. The van der Waals surface area contributed by atoms with Crippen LogP contribution in [0.15, 0.2) is 0 Å². The van der Waals surface area contributed by atoms with E-state index in [0.29, 0.717) is 6.54 Å². The van der Waals surface area contributed by atoms with E-state index in [1.165, 1.54) is 11.9 Å². The van der Waals surface area contributed by atoms with E-state index in [4.69, 9.17) is 15.3 Å². The van der Waals surface area contributed by atoms with Crippen LogP contribution in [0.2, 0.25) is 18.1 Å². The van der Waals surface area contributed by atoms with Gasteiger partial charge in [0.2, 0.25) is 0 Å². The van der Waals surface area contributed by atoms with Gasteiger partial charge in [0.25, 0.3) is 0 Å². The van der Waals surface area contributed by atoms with Crippen molar-refractivity contribution >= 4 is 14.4 Å². The summed E-state index contributed by atoms with van der Waals surface area (Å²) in [6.45, 7) is 12.9. The van der Waals surface area contributed by atoms with E-state index in [1.54, 1.807) is 0 Å². The first kappa shape index (κ1) is 17.4. The molecule has 0 spiro atoms. The number of nitrogens with two attached hydrogens (primary N) is 1. The molecule has 1 amide bonds. The summed E-state index contributed by atoms with van der Waals surface area (Å²) in [7, 11) is -0.398. The molecule has 0 aromatic heterocycles. The number of rotatable bonds is 5. The topological polar surface area (TPSA) is 75.8 Å². The Bertz CT molecular complexity index is 288. The third kappa shape index (κ3) is 4.95. The summed E-state index contributed by atoms with van der Waals surface area (Å²) in [5, 5.41) is 9.00. The fourth-order valence-electron chi connectivity index (χ4n) is 1.21. The van der Waals surface area contributed by atoms with E-state index in [0.717, 1.165) is 0 Å². The second kappa shape index (κ2) is 6.03. The Labute approximate surface area is 111 Å². The second-order valence-corrected chi connectivity index (χ2v) is 11.2. The van der Waals surface area contributed by atoms with Gasteiger partial charge in [0.1, 0.15) is 0 Å². The first-order valence-electron chi connectivity index (χ1n) is 6.26. The minimum atomic E-state index is -1.93. The zero-order chi connectivity index (χ0) is 14.7. The maximum Gasteiger partial charge on any atom is 0.407 e. The standard InChI is InChI=1S/C12H28N2O3Si/c1-9(13)10(8-14(5)11(15)16)17-18(6,7)12(2,3)4/h9-10H,8,13H2,1-7H3,(H,15,16)/t9-,10-/m1/s1. The molecule has 5 nitrogen and oxygen atoms in total. The van der Waals surface area contributed by atoms with Crippen molar-refractivity contribution in [2.75, 3.05) is 13.6 Å². The Morgan fingerprint density at radius 1 is 1.44 bits per heavy atom. The normalized spacial score (nSPS) is 16.2. The zero-order valence-corrected chi connectivity index (χ0v) is 13.7. The van der Waals surface area contributed by atoms with Gasteiger partial charge < -0.3 is 20.2 Å². The van der Waals surface area contributed by atoms with Crippen molar-refractivity contribution in [3.05, 3.63) is 0 Å². The van der Waals surface area contributed by atoms with Gasteiger partial charge in [-0.3, -0.25) is 0 Å². The third-order valence-corrected chi connectivity index (χ3v) is 8.12. The van der Waals surface area contributed by atoms with Crippen LogP contribution < -0.4 is 5.73 Å². The van der Waals surface area contributed by atoms with Crippen LogP contribution in [0, 0.1) is 0 Å². The van der Waals surface area contributed by atoms with E-state index in [9.17, 15) is 4.79 Å². The van der Waals surface area contributed by atoms with E-state index < -0.39 is 14.4 Å². The van der Waals surface area contributed by atoms with Crippen LogP contribution in [-0.2, 0) is 4.43 Å². The Morgan fingerprint density at radius 2 is 1.89 bits per heavy atom. The van der Waals surface area contributed by atoms with Crippen LogP contribution in [0.5, 0.6) is 0 Å². The number of hydrogen-bond acceptors (Lipinski definition) is 3. The smallest absolute Gasteiger partial charge is 0.407 e. The molecular formula is C12H28N2O3Si. The van der Waals surface area contributed by atoms with E-state index in [-0.39, 0.29) is 17.2 Å². The van der Waals surface area contributed by atoms with E-state index in [2.05, 4.69) is 33.9 Å². The van der Waals surface area contributed by atoms with Crippen LogP contribution in [0.1, 0.15) is 27.7 Å². The predicted octanol–water partition coefficient (Wildman–Crippen LogP) is 2.33. The van der Waals surface area contributed by atoms with Crippen molar-refractivity contribution in [1.29, 1.82) is 0 Å². The summed E-state index contributed by atoms with van der Waals surface area (Å²) in [6, 6.07) is -0.194. The lowest BCUT2D eigenvalue weighted by molar-refractivity contribution is 0.102. The van der Waals surface area contributed by atoms with Crippen molar-refractivity contribution < 1.29 is 14.3 Å². The first-order chi connectivity index (χ1) is 7.88. The fraction of sp³-hybridized carbons (Fsp3) is 0.917. The zero-order valence-electron chi connectivity index (χ0n) is 12.7. The molecule has 0 heterocycles. The molecule has 0 aliphatic carbocycles. The summed E-state index contributed by atoms with van der Waals surface area (Å²) in [6.07, 6.45) is -1.22. The molecule has 0 saturated heterocycles. The van der Waals surface area contributed by atoms with Gasteiger partial charge in [0, 0.05) is 13.1 Å². The van der Waals surface area contributed by atoms with Crippen molar-refractivity contribution in [2.45, 2.75) is 58.0 Å². The molecule has 0 unspecified atom stereocenters. The van der Waals surface area contributed by atoms with E-state index in [1.807, 2.05) is 6.92 Å². The van der Waals surface area contributed by atoms with E-state index >= 15 is 0 Å². The average Bonchev–Trinajstić information content (AvgIpc) is 2.13. The minimum Gasteiger partial charge on any atom is -0.465 e. The second-order valence-electron chi connectivity index (χ2n) is 6.44. The van der Waals surface area contributed by atoms with Crippen LogP contribution >= 0.6 is 0 Å². The molecule has 0 saturated carbocycles. The molecule has 0 bridgehead atoms. The monoisotopic (exact) mass is 276 g/mol. The SMILES string of the molecule is C[C@@H](N)[C@@H](CN(C)C(=O)O)O[Si](C)(C)C(C)(C)C. The minimum absolute atomic E-state index is 0.0853. The quantitative estimate of drug-likeness (QED) is 0.756. The van der Waals surface area contributed by atoms with Crippen LogP contribution in [0.3, 0.4) is 0 Å². The van der Waals surface area contributed by atoms with Crippen LogP contribution in [-0.4, -0.2) is 50.2 Å². The summed E-state index contributed by atoms with van der Waals surface area (Å²) in [5.41, 5.74) is 5.91. The average molecular weight is 276 g/mol. The highest BCUT2D eigenvalue weighted by atomic mass is 28.4. The molecule has 0 aromatic carbocycles. The molecule has 0 aliphatic rings. The first-order valence-corrected chi connectivity index (χ1v) is 9.17. The van der Waals surface area contributed by atoms with Gasteiger partial charge in [0.05, 0.1) is 12.6 Å². The molecule has 0 radical (unpaired) electrons. The number of likely N-dealkylation sites (N-methyl/N-ethyl adjacent to an activating group) is 1. The predicted molar refractivity (Wildman–Crippen MR) is 76.4 cm³/mol. The maximum atomic E-state index is 10.9. The van der Waals surface area contributed by atoms with Gasteiger partial charge in [0.15, 0.2) is 8.32 Å².